The lowest BCUT2D eigenvalue weighted by Gasteiger charge is -2.38. The van der Waals surface area contributed by atoms with Crippen molar-refractivity contribution < 1.29 is 4.79 Å². The highest BCUT2D eigenvalue weighted by Gasteiger charge is 2.41. The number of benzene rings is 2. The third kappa shape index (κ3) is 2.24. The first kappa shape index (κ1) is 14.2. The van der Waals surface area contributed by atoms with Crippen LogP contribution < -0.4 is 5.32 Å². The molecule has 2 aromatic carbocycles. The minimum absolute atomic E-state index is 0.0867. The van der Waals surface area contributed by atoms with E-state index in [-0.39, 0.29) is 11.9 Å². The average Bonchev–Trinajstić information content (AvgIpc) is 2.52. The molecule has 108 valence electrons. The minimum atomic E-state index is -0.459. The van der Waals surface area contributed by atoms with Crippen molar-refractivity contribution in [3.05, 3.63) is 70.2 Å². The van der Waals surface area contributed by atoms with E-state index in [0.29, 0.717) is 5.02 Å². The Balaban J connectivity index is 2.14. The number of hydrogen-bond acceptors (Lipinski definition) is 1. The average molecular weight is 300 g/mol. The number of rotatable bonds is 2. The van der Waals surface area contributed by atoms with Gasteiger partial charge in [-0.2, -0.15) is 0 Å². The van der Waals surface area contributed by atoms with Crippen LogP contribution in [-0.4, -0.2) is 5.91 Å². The molecule has 21 heavy (non-hydrogen) atoms. The molecule has 3 heteroatoms. The summed E-state index contributed by atoms with van der Waals surface area (Å²) < 4.78 is 0. The molecule has 1 aliphatic heterocycles. The van der Waals surface area contributed by atoms with E-state index in [4.69, 9.17) is 11.6 Å². The first-order chi connectivity index (χ1) is 10.1. The maximum Gasteiger partial charge on any atom is 0.231 e. The summed E-state index contributed by atoms with van der Waals surface area (Å²) in [6, 6.07) is 15.8. The highest BCUT2D eigenvalue weighted by molar-refractivity contribution is 6.30. The van der Waals surface area contributed by atoms with Gasteiger partial charge in [-0.1, -0.05) is 54.9 Å². The molecule has 1 amide bonds. The number of nitrogens with one attached hydrogen (secondary N) is 1. The number of carbonyl (C=O) groups is 1. The summed E-state index contributed by atoms with van der Waals surface area (Å²) >= 11 is 5.96. The molecule has 0 saturated carbocycles. The van der Waals surface area contributed by atoms with Crippen molar-refractivity contribution in [3.63, 3.8) is 0 Å². The molecule has 2 aromatic rings. The summed E-state index contributed by atoms with van der Waals surface area (Å²) in [5.41, 5.74) is 2.89. The molecule has 2 nitrogen and oxygen atoms in total. The van der Waals surface area contributed by atoms with Crippen LogP contribution in [0, 0.1) is 0 Å². The zero-order valence-corrected chi connectivity index (χ0v) is 12.9. The van der Waals surface area contributed by atoms with Crippen LogP contribution in [0.4, 0.5) is 0 Å². The maximum absolute atomic E-state index is 12.6. The van der Waals surface area contributed by atoms with Crippen molar-refractivity contribution >= 4 is 17.5 Å². The van der Waals surface area contributed by atoms with Crippen molar-refractivity contribution in [2.75, 3.05) is 0 Å². The van der Waals surface area contributed by atoms with Crippen LogP contribution in [0.5, 0.6) is 0 Å². The summed E-state index contributed by atoms with van der Waals surface area (Å²) in [6.45, 7) is 4.07. The SMILES string of the molecule is CCC1(C)C(=O)NC(c2ccc(Cl)cc2)c2ccccc21. The molecular weight excluding hydrogens is 282 g/mol. The first-order valence-electron chi connectivity index (χ1n) is 7.22. The Kier molecular flexibility index (Phi) is 3.50. The van der Waals surface area contributed by atoms with Crippen molar-refractivity contribution in [3.8, 4) is 0 Å². The van der Waals surface area contributed by atoms with Gasteiger partial charge in [0.25, 0.3) is 0 Å². The molecule has 2 atom stereocenters. The summed E-state index contributed by atoms with van der Waals surface area (Å²) in [6.07, 6.45) is 0.781. The fourth-order valence-corrected chi connectivity index (χ4v) is 3.14. The maximum atomic E-state index is 12.6. The molecule has 1 aliphatic rings. The highest BCUT2D eigenvalue weighted by Crippen LogP contribution is 2.40. The van der Waals surface area contributed by atoms with Crippen LogP contribution in [0.2, 0.25) is 5.02 Å². The van der Waals surface area contributed by atoms with E-state index in [9.17, 15) is 4.79 Å². The smallest absolute Gasteiger partial charge is 0.231 e. The van der Waals surface area contributed by atoms with Gasteiger partial charge in [-0.05, 0) is 42.2 Å². The van der Waals surface area contributed by atoms with Crippen molar-refractivity contribution in [1.82, 2.24) is 5.32 Å². The molecule has 0 aromatic heterocycles. The molecule has 0 saturated heterocycles. The summed E-state index contributed by atoms with van der Waals surface area (Å²) in [5, 5.41) is 3.87. The van der Waals surface area contributed by atoms with Crippen LogP contribution in [0.15, 0.2) is 48.5 Å². The number of hydrogen-bond donors (Lipinski definition) is 1. The topological polar surface area (TPSA) is 29.1 Å². The molecule has 2 unspecified atom stereocenters. The van der Waals surface area contributed by atoms with Gasteiger partial charge in [0.05, 0.1) is 11.5 Å². The van der Waals surface area contributed by atoms with E-state index in [1.165, 1.54) is 5.56 Å². The predicted octanol–water partition coefficient (Wildman–Crippen LogP) is 4.23. The largest absolute Gasteiger partial charge is 0.344 e. The lowest BCUT2D eigenvalue weighted by atomic mass is 9.72. The second kappa shape index (κ2) is 5.19. The van der Waals surface area contributed by atoms with Gasteiger partial charge in [0.1, 0.15) is 0 Å². The van der Waals surface area contributed by atoms with E-state index >= 15 is 0 Å². The second-order valence-corrected chi connectivity index (χ2v) is 6.17. The fraction of sp³-hybridized carbons (Fsp3) is 0.278. The third-order valence-electron chi connectivity index (χ3n) is 4.55. The van der Waals surface area contributed by atoms with E-state index in [1.807, 2.05) is 43.3 Å². The molecule has 3 rings (SSSR count). The highest BCUT2D eigenvalue weighted by atomic mass is 35.5. The van der Waals surface area contributed by atoms with Crippen LogP contribution in [0.25, 0.3) is 0 Å². The fourth-order valence-electron chi connectivity index (χ4n) is 3.01. The summed E-state index contributed by atoms with van der Waals surface area (Å²) in [4.78, 5) is 12.6. The van der Waals surface area contributed by atoms with E-state index in [1.54, 1.807) is 0 Å². The third-order valence-corrected chi connectivity index (χ3v) is 4.81. The van der Waals surface area contributed by atoms with Gasteiger partial charge in [0.2, 0.25) is 5.91 Å². The molecule has 0 radical (unpaired) electrons. The summed E-state index contributed by atoms with van der Waals surface area (Å²) in [5.74, 6) is 0.0867. The molecule has 0 fully saturated rings. The van der Waals surface area contributed by atoms with E-state index in [2.05, 4.69) is 24.4 Å². The van der Waals surface area contributed by atoms with Crippen molar-refractivity contribution in [2.24, 2.45) is 0 Å². The standard InChI is InChI=1S/C18H18ClNO/c1-3-18(2)15-7-5-4-6-14(15)16(20-17(18)21)12-8-10-13(19)11-9-12/h4-11,16H,3H2,1-2H3,(H,20,21). The number of halogens is 1. The second-order valence-electron chi connectivity index (χ2n) is 5.73. The molecule has 0 aliphatic carbocycles. The van der Waals surface area contributed by atoms with Crippen LogP contribution in [0.1, 0.15) is 43.0 Å². The number of amides is 1. The Morgan fingerprint density at radius 3 is 2.48 bits per heavy atom. The van der Waals surface area contributed by atoms with E-state index < -0.39 is 5.41 Å². The van der Waals surface area contributed by atoms with Crippen molar-refractivity contribution in [2.45, 2.75) is 31.7 Å². The Hall–Kier alpha value is -1.80. The lowest BCUT2D eigenvalue weighted by Crippen LogP contribution is -2.49. The Morgan fingerprint density at radius 2 is 1.81 bits per heavy atom. The monoisotopic (exact) mass is 299 g/mol. The van der Waals surface area contributed by atoms with Crippen LogP contribution in [0.3, 0.4) is 0 Å². The van der Waals surface area contributed by atoms with Gasteiger partial charge in [0.15, 0.2) is 0 Å². The zero-order chi connectivity index (χ0) is 15.0. The molecule has 0 spiro atoms. The lowest BCUT2D eigenvalue weighted by molar-refractivity contribution is -0.127. The molecule has 0 bridgehead atoms. The van der Waals surface area contributed by atoms with E-state index in [0.717, 1.165) is 17.5 Å². The quantitative estimate of drug-likeness (QED) is 0.883. The van der Waals surface area contributed by atoms with Gasteiger partial charge >= 0.3 is 0 Å². The summed E-state index contributed by atoms with van der Waals surface area (Å²) in [7, 11) is 0. The number of fused-ring (bicyclic) bond motifs is 1. The normalized spacial score (nSPS) is 24.3. The molecular formula is C18H18ClNO. The first-order valence-corrected chi connectivity index (χ1v) is 7.60. The Labute approximate surface area is 130 Å². The minimum Gasteiger partial charge on any atom is -0.344 e. The van der Waals surface area contributed by atoms with Crippen LogP contribution in [-0.2, 0) is 10.2 Å². The van der Waals surface area contributed by atoms with Gasteiger partial charge in [0, 0.05) is 5.02 Å². The van der Waals surface area contributed by atoms with Gasteiger partial charge in [-0.15, -0.1) is 0 Å². The van der Waals surface area contributed by atoms with Crippen LogP contribution >= 0.6 is 11.6 Å². The van der Waals surface area contributed by atoms with Gasteiger partial charge in [-0.3, -0.25) is 4.79 Å². The Bertz CT molecular complexity index is 680. The molecule has 1 heterocycles. The molecule has 1 N–H and O–H groups in total. The van der Waals surface area contributed by atoms with Crippen molar-refractivity contribution in [1.29, 1.82) is 0 Å². The van der Waals surface area contributed by atoms with Gasteiger partial charge in [-0.25, -0.2) is 0 Å². The number of carbonyl (C=O) groups excluding carboxylic acids is 1. The Morgan fingerprint density at radius 1 is 1.14 bits per heavy atom. The van der Waals surface area contributed by atoms with Gasteiger partial charge < -0.3 is 5.32 Å². The predicted molar refractivity (Wildman–Crippen MR) is 85.5 cm³/mol. The zero-order valence-electron chi connectivity index (χ0n) is 12.2.